The molecular formula is C16H30O3. The number of rotatable bonds is 7. The van der Waals surface area contributed by atoms with Gasteiger partial charge in [-0.1, -0.05) is 32.6 Å². The van der Waals surface area contributed by atoms with Gasteiger partial charge in [-0.15, -0.1) is 0 Å². The highest BCUT2D eigenvalue weighted by atomic mass is 16.3. The normalized spacial score (nSPS) is 19.2. The highest BCUT2D eigenvalue weighted by molar-refractivity contribution is 5.19. The van der Waals surface area contributed by atoms with Gasteiger partial charge in [-0.05, 0) is 51.4 Å². The van der Waals surface area contributed by atoms with Gasteiger partial charge in [0, 0.05) is 6.61 Å². The van der Waals surface area contributed by atoms with Gasteiger partial charge >= 0.3 is 0 Å². The molecule has 0 saturated heterocycles. The Hall–Kier alpha value is -0.560. The summed E-state index contributed by atoms with van der Waals surface area (Å²) in [5.74, 6) is 6.25. The predicted octanol–water partition coefficient (Wildman–Crippen LogP) is 2.34. The summed E-state index contributed by atoms with van der Waals surface area (Å²) in [4.78, 5) is 0. The Morgan fingerprint density at radius 3 is 1.68 bits per heavy atom. The van der Waals surface area contributed by atoms with Gasteiger partial charge in [-0.25, -0.2) is 0 Å². The molecule has 0 aromatic carbocycles. The molecule has 0 rings (SSSR count). The van der Waals surface area contributed by atoms with E-state index in [-0.39, 0.29) is 12.5 Å². The van der Waals surface area contributed by atoms with Crippen LogP contribution in [-0.4, -0.2) is 33.1 Å². The zero-order valence-electron chi connectivity index (χ0n) is 13.0. The van der Waals surface area contributed by atoms with E-state index in [9.17, 15) is 10.2 Å². The lowest BCUT2D eigenvalue weighted by molar-refractivity contribution is 0.0901. The van der Waals surface area contributed by atoms with Crippen LogP contribution < -0.4 is 0 Å². The first-order valence-corrected chi connectivity index (χ1v) is 7.18. The monoisotopic (exact) mass is 270 g/mol. The maximum atomic E-state index is 10.1. The summed E-state index contributed by atoms with van der Waals surface area (Å²) in [6, 6.07) is 0. The van der Waals surface area contributed by atoms with E-state index in [1.807, 2.05) is 6.92 Å². The lowest BCUT2D eigenvalue weighted by Gasteiger charge is -2.21. The Morgan fingerprint density at radius 2 is 1.32 bits per heavy atom. The number of hydrogen-bond acceptors (Lipinski definition) is 3. The maximum absolute atomic E-state index is 10.1. The van der Waals surface area contributed by atoms with Crippen LogP contribution in [0.15, 0.2) is 0 Å². The predicted molar refractivity (Wildman–Crippen MR) is 78.6 cm³/mol. The van der Waals surface area contributed by atoms with Crippen LogP contribution >= 0.6 is 0 Å². The largest absolute Gasteiger partial charge is 0.396 e. The fourth-order valence-electron chi connectivity index (χ4n) is 1.58. The van der Waals surface area contributed by atoms with E-state index in [0.717, 1.165) is 6.42 Å². The highest BCUT2D eigenvalue weighted by Crippen LogP contribution is 2.18. The molecule has 0 amide bonds. The van der Waals surface area contributed by atoms with Crippen LogP contribution in [0.2, 0.25) is 0 Å². The molecule has 0 bridgehead atoms. The average Bonchev–Trinajstić information content (AvgIpc) is 2.32. The molecule has 3 unspecified atom stereocenters. The van der Waals surface area contributed by atoms with E-state index < -0.39 is 11.2 Å². The zero-order chi connectivity index (χ0) is 15.1. The Labute approximate surface area is 118 Å². The van der Waals surface area contributed by atoms with Crippen LogP contribution in [0.5, 0.6) is 0 Å². The van der Waals surface area contributed by atoms with Gasteiger partial charge < -0.3 is 15.3 Å². The van der Waals surface area contributed by atoms with Gasteiger partial charge in [0.15, 0.2) is 0 Å². The summed E-state index contributed by atoms with van der Waals surface area (Å²) in [6.45, 7) is 9.61. The van der Waals surface area contributed by atoms with Gasteiger partial charge in [-0.3, -0.25) is 0 Å². The van der Waals surface area contributed by atoms with Crippen LogP contribution in [0, 0.1) is 23.7 Å². The molecule has 0 heterocycles. The molecule has 0 aromatic heterocycles. The minimum absolute atomic E-state index is 0.121. The lowest BCUT2D eigenvalue weighted by atomic mass is 9.92. The van der Waals surface area contributed by atoms with E-state index in [1.165, 1.54) is 0 Å². The molecular weight excluding hydrogens is 240 g/mol. The summed E-state index contributed by atoms with van der Waals surface area (Å²) >= 11 is 0. The molecule has 3 atom stereocenters. The number of hydrogen-bond donors (Lipinski definition) is 3. The van der Waals surface area contributed by atoms with Crippen LogP contribution in [0.4, 0.5) is 0 Å². The molecule has 0 aliphatic rings. The quantitative estimate of drug-likeness (QED) is 0.622. The Kier molecular flexibility index (Phi) is 7.66. The number of aliphatic hydroxyl groups is 3. The lowest BCUT2D eigenvalue weighted by Crippen LogP contribution is -2.27. The second kappa shape index (κ2) is 7.89. The smallest absolute Gasteiger partial charge is 0.122 e. The van der Waals surface area contributed by atoms with Crippen molar-refractivity contribution in [2.45, 2.75) is 71.5 Å². The van der Waals surface area contributed by atoms with Crippen molar-refractivity contribution >= 4 is 0 Å². The van der Waals surface area contributed by atoms with Crippen molar-refractivity contribution in [2.75, 3.05) is 6.61 Å². The third kappa shape index (κ3) is 9.95. The van der Waals surface area contributed by atoms with E-state index in [4.69, 9.17) is 5.11 Å². The molecule has 0 fully saturated rings. The average molecular weight is 270 g/mol. The first-order chi connectivity index (χ1) is 8.58. The standard InChI is InChI=1S/C16H30O3/c1-13(2)6-8-15(4,18)10-11-16(5,19)9-7-14(3)12-17/h13-14,17-19H,6-9,12H2,1-5H3. The zero-order valence-corrected chi connectivity index (χ0v) is 13.0. The van der Waals surface area contributed by atoms with E-state index in [2.05, 4.69) is 25.7 Å². The van der Waals surface area contributed by atoms with Gasteiger partial charge in [0.2, 0.25) is 0 Å². The highest BCUT2D eigenvalue weighted by Gasteiger charge is 2.21. The van der Waals surface area contributed by atoms with Crippen LogP contribution in [0.1, 0.15) is 60.3 Å². The molecule has 3 heteroatoms. The van der Waals surface area contributed by atoms with Crippen molar-refractivity contribution < 1.29 is 15.3 Å². The summed E-state index contributed by atoms with van der Waals surface area (Å²) in [5, 5.41) is 29.2. The molecule has 3 N–H and O–H groups in total. The molecule has 0 aliphatic heterocycles. The van der Waals surface area contributed by atoms with Crippen molar-refractivity contribution in [1.82, 2.24) is 0 Å². The second-order valence-electron chi connectivity index (χ2n) is 6.56. The molecule has 0 saturated carbocycles. The molecule has 19 heavy (non-hydrogen) atoms. The van der Waals surface area contributed by atoms with Crippen molar-refractivity contribution in [2.24, 2.45) is 11.8 Å². The fourth-order valence-corrected chi connectivity index (χ4v) is 1.58. The molecule has 0 spiro atoms. The van der Waals surface area contributed by atoms with E-state index in [0.29, 0.717) is 25.2 Å². The molecule has 3 nitrogen and oxygen atoms in total. The van der Waals surface area contributed by atoms with Crippen LogP contribution in [0.3, 0.4) is 0 Å². The summed E-state index contributed by atoms with van der Waals surface area (Å²) < 4.78 is 0. The van der Waals surface area contributed by atoms with E-state index in [1.54, 1.807) is 13.8 Å². The Morgan fingerprint density at radius 1 is 0.895 bits per heavy atom. The topological polar surface area (TPSA) is 60.7 Å². The SMILES string of the molecule is CC(C)CCC(C)(O)C#CC(C)(O)CCC(C)CO. The first-order valence-electron chi connectivity index (χ1n) is 7.18. The first kappa shape index (κ1) is 18.4. The minimum Gasteiger partial charge on any atom is -0.396 e. The Bertz CT molecular complexity index is 308. The van der Waals surface area contributed by atoms with Crippen molar-refractivity contribution in [1.29, 1.82) is 0 Å². The maximum Gasteiger partial charge on any atom is 0.122 e. The molecule has 0 radical (unpaired) electrons. The van der Waals surface area contributed by atoms with Crippen molar-refractivity contribution in [3.05, 3.63) is 0 Å². The molecule has 0 aromatic rings. The molecule has 112 valence electrons. The summed E-state index contributed by atoms with van der Waals surface area (Å²) in [7, 11) is 0. The van der Waals surface area contributed by atoms with Gasteiger partial charge in [0.05, 0.1) is 0 Å². The Balaban J connectivity index is 4.42. The second-order valence-corrected chi connectivity index (χ2v) is 6.56. The van der Waals surface area contributed by atoms with Crippen LogP contribution in [-0.2, 0) is 0 Å². The van der Waals surface area contributed by atoms with Crippen molar-refractivity contribution in [3.8, 4) is 11.8 Å². The van der Waals surface area contributed by atoms with E-state index >= 15 is 0 Å². The third-order valence-corrected chi connectivity index (χ3v) is 3.25. The summed E-state index contributed by atoms with van der Waals surface area (Å²) in [5.41, 5.74) is -2.15. The minimum atomic E-state index is -1.11. The number of aliphatic hydroxyl groups excluding tert-OH is 1. The third-order valence-electron chi connectivity index (χ3n) is 3.25. The molecule has 0 aliphatic carbocycles. The summed E-state index contributed by atoms with van der Waals surface area (Å²) in [6.07, 6.45) is 2.74. The van der Waals surface area contributed by atoms with Gasteiger partial charge in [0.25, 0.3) is 0 Å². The van der Waals surface area contributed by atoms with Crippen molar-refractivity contribution in [3.63, 3.8) is 0 Å². The van der Waals surface area contributed by atoms with Gasteiger partial charge in [-0.2, -0.15) is 0 Å². The fraction of sp³-hybridized carbons (Fsp3) is 0.875. The van der Waals surface area contributed by atoms with Crippen LogP contribution in [0.25, 0.3) is 0 Å². The van der Waals surface area contributed by atoms with Gasteiger partial charge in [0.1, 0.15) is 11.2 Å².